The maximum absolute atomic E-state index is 5.41. The molecule has 0 aromatic rings. The SMILES string of the molecule is C=C(CCCCC(=C)[Si](OC)(OC)OC)[Si](OC)(OC)OC. The predicted octanol–water partition coefficient (Wildman–Crippen LogP) is 2.49. The van der Waals surface area contributed by atoms with Crippen molar-refractivity contribution < 1.29 is 26.6 Å². The lowest BCUT2D eigenvalue weighted by Gasteiger charge is -2.27. The highest BCUT2D eigenvalue weighted by atomic mass is 28.4. The molecule has 0 aromatic heterocycles. The van der Waals surface area contributed by atoms with Gasteiger partial charge in [0.25, 0.3) is 0 Å². The van der Waals surface area contributed by atoms with Crippen molar-refractivity contribution in [2.75, 3.05) is 42.7 Å². The monoisotopic (exact) mass is 350 g/mol. The average Bonchev–Trinajstić information content (AvgIpc) is 2.56. The number of hydrogen-bond acceptors (Lipinski definition) is 6. The molecule has 130 valence electrons. The van der Waals surface area contributed by atoms with E-state index in [1.807, 2.05) is 0 Å². The highest BCUT2D eigenvalue weighted by Gasteiger charge is 2.42. The Morgan fingerprint density at radius 2 is 0.818 bits per heavy atom. The van der Waals surface area contributed by atoms with Crippen LogP contribution in [-0.2, 0) is 26.6 Å². The largest absolute Gasteiger partial charge is 0.531 e. The smallest absolute Gasteiger partial charge is 0.374 e. The van der Waals surface area contributed by atoms with Crippen molar-refractivity contribution in [2.45, 2.75) is 25.7 Å². The first-order chi connectivity index (χ1) is 10.4. The molecule has 0 fully saturated rings. The molecule has 0 aliphatic rings. The van der Waals surface area contributed by atoms with E-state index in [2.05, 4.69) is 13.2 Å². The van der Waals surface area contributed by atoms with Gasteiger partial charge in [-0.05, 0) is 36.1 Å². The van der Waals surface area contributed by atoms with E-state index in [0.29, 0.717) is 0 Å². The number of allylic oxidation sites excluding steroid dienone is 2. The molecular weight excluding hydrogens is 320 g/mol. The van der Waals surface area contributed by atoms with Gasteiger partial charge < -0.3 is 26.6 Å². The summed E-state index contributed by atoms with van der Waals surface area (Å²) >= 11 is 0. The Hall–Kier alpha value is -0.326. The normalized spacial score (nSPS) is 12.5. The minimum Gasteiger partial charge on any atom is -0.374 e. The molecule has 6 nitrogen and oxygen atoms in total. The van der Waals surface area contributed by atoms with Crippen molar-refractivity contribution in [2.24, 2.45) is 0 Å². The lowest BCUT2D eigenvalue weighted by molar-refractivity contribution is 0.132. The third-order valence-electron chi connectivity index (χ3n) is 3.69. The molecule has 0 N–H and O–H groups in total. The summed E-state index contributed by atoms with van der Waals surface area (Å²) in [7, 11) is 4.04. The van der Waals surface area contributed by atoms with Gasteiger partial charge in [0.05, 0.1) is 0 Å². The van der Waals surface area contributed by atoms with Crippen molar-refractivity contribution in [3.8, 4) is 0 Å². The fraction of sp³-hybridized carbons (Fsp3) is 0.714. The molecule has 0 saturated heterocycles. The topological polar surface area (TPSA) is 55.4 Å². The van der Waals surface area contributed by atoms with E-state index in [-0.39, 0.29) is 0 Å². The summed E-state index contributed by atoms with van der Waals surface area (Å²) in [5, 5.41) is 1.75. The first-order valence-corrected chi connectivity index (χ1v) is 10.5. The van der Waals surface area contributed by atoms with E-state index in [0.717, 1.165) is 36.1 Å². The zero-order valence-electron chi connectivity index (χ0n) is 14.7. The fourth-order valence-electron chi connectivity index (χ4n) is 2.35. The minimum atomic E-state index is -2.74. The van der Waals surface area contributed by atoms with Crippen LogP contribution in [0.25, 0.3) is 0 Å². The second-order valence-electron chi connectivity index (χ2n) is 4.75. The highest BCUT2D eigenvalue weighted by molar-refractivity contribution is 6.69. The minimum absolute atomic E-state index is 0.774. The molecule has 0 spiro atoms. The first-order valence-electron chi connectivity index (χ1n) is 7.09. The second-order valence-corrected chi connectivity index (χ2v) is 10.8. The molecule has 0 amide bonds. The molecule has 0 unspecified atom stereocenters. The van der Waals surface area contributed by atoms with Crippen molar-refractivity contribution in [3.05, 3.63) is 23.6 Å². The van der Waals surface area contributed by atoms with Crippen molar-refractivity contribution in [1.29, 1.82) is 0 Å². The molecule has 0 aliphatic carbocycles. The predicted molar refractivity (Wildman–Crippen MR) is 90.3 cm³/mol. The number of rotatable bonds is 13. The van der Waals surface area contributed by atoms with Gasteiger partial charge in [0.2, 0.25) is 0 Å². The Balaban J connectivity index is 4.38. The van der Waals surface area contributed by atoms with Gasteiger partial charge in [-0.3, -0.25) is 0 Å². The van der Waals surface area contributed by atoms with E-state index in [4.69, 9.17) is 26.6 Å². The summed E-state index contributed by atoms with van der Waals surface area (Å²) in [4.78, 5) is 0. The van der Waals surface area contributed by atoms with Crippen LogP contribution in [0.4, 0.5) is 0 Å². The summed E-state index contributed by atoms with van der Waals surface area (Å²) in [5.74, 6) is 0. The molecule has 0 aromatic carbocycles. The summed E-state index contributed by atoms with van der Waals surface area (Å²) in [6, 6.07) is 0. The van der Waals surface area contributed by atoms with Crippen LogP contribution in [-0.4, -0.2) is 60.3 Å². The Kier molecular flexibility index (Phi) is 10.3. The van der Waals surface area contributed by atoms with Gasteiger partial charge in [0, 0.05) is 42.7 Å². The van der Waals surface area contributed by atoms with Gasteiger partial charge in [-0.25, -0.2) is 0 Å². The van der Waals surface area contributed by atoms with Crippen LogP contribution < -0.4 is 0 Å². The summed E-state index contributed by atoms with van der Waals surface area (Å²) in [6.45, 7) is 8.11. The van der Waals surface area contributed by atoms with Gasteiger partial charge in [-0.1, -0.05) is 13.2 Å². The van der Waals surface area contributed by atoms with Crippen LogP contribution in [0.15, 0.2) is 23.6 Å². The first kappa shape index (κ1) is 21.7. The van der Waals surface area contributed by atoms with E-state index in [9.17, 15) is 0 Å². The molecule has 0 radical (unpaired) electrons. The third kappa shape index (κ3) is 5.10. The van der Waals surface area contributed by atoms with Crippen LogP contribution >= 0.6 is 0 Å². The molecule has 0 aliphatic heterocycles. The standard InChI is InChI=1S/C14H30O6Si2/c1-13(21(15-3,16-4)17-5)11-9-10-12-14(2)22(18-6,19-7)20-8/h1-2,9-12H2,3-8H3. The number of hydrogen-bond donors (Lipinski definition) is 0. The highest BCUT2D eigenvalue weighted by Crippen LogP contribution is 2.24. The van der Waals surface area contributed by atoms with Crippen LogP contribution in [0.1, 0.15) is 25.7 Å². The molecule has 0 rings (SSSR count). The molecule has 0 atom stereocenters. The lowest BCUT2D eigenvalue weighted by Crippen LogP contribution is -2.45. The Bertz CT molecular complexity index is 303. The maximum atomic E-state index is 5.41. The molecule has 22 heavy (non-hydrogen) atoms. The Labute approximate surface area is 136 Å². The van der Waals surface area contributed by atoms with E-state index in [1.54, 1.807) is 42.7 Å². The van der Waals surface area contributed by atoms with Crippen molar-refractivity contribution in [1.82, 2.24) is 0 Å². The van der Waals surface area contributed by atoms with E-state index in [1.165, 1.54) is 0 Å². The third-order valence-corrected chi connectivity index (χ3v) is 9.14. The van der Waals surface area contributed by atoms with Crippen LogP contribution in [0.5, 0.6) is 0 Å². The Morgan fingerprint density at radius 3 is 1.00 bits per heavy atom. The number of unbranched alkanes of at least 4 members (excludes halogenated alkanes) is 1. The molecule has 0 saturated carbocycles. The van der Waals surface area contributed by atoms with Crippen molar-refractivity contribution in [3.63, 3.8) is 0 Å². The van der Waals surface area contributed by atoms with E-state index < -0.39 is 17.6 Å². The van der Waals surface area contributed by atoms with Gasteiger partial charge in [-0.15, -0.1) is 0 Å². The molecule has 0 heterocycles. The maximum Gasteiger partial charge on any atom is 0.531 e. The average molecular weight is 351 g/mol. The van der Waals surface area contributed by atoms with Crippen LogP contribution in [0, 0.1) is 0 Å². The Morgan fingerprint density at radius 1 is 0.591 bits per heavy atom. The molecule has 0 bridgehead atoms. The summed E-state index contributed by atoms with van der Waals surface area (Å²) in [5.41, 5.74) is 0. The summed E-state index contributed by atoms with van der Waals surface area (Å²) in [6.07, 6.45) is 3.39. The second kappa shape index (κ2) is 10.4. The zero-order valence-corrected chi connectivity index (χ0v) is 16.7. The zero-order chi connectivity index (χ0) is 17.2. The molecular formula is C14H30O6Si2. The van der Waals surface area contributed by atoms with E-state index >= 15 is 0 Å². The quantitative estimate of drug-likeness (QED) is 0.376. The molecule has 8 heteroatoms. The lowest BCUT2D eigenvalue weighted by atomic mass is 10.2. The fourth-order valence-corrected chi connectivity index (χ4v) is 6.05. The van der Waals surface area contributed by atoms with Gasteiger partial charge >= 0.3 is 17.6 Å². The van der Waals surface area contributed by atoms with Crippen LogP contribution in [0.2, 0.25) is 0 Å². The van der Waals surface area contributed by atoms with Gasteiger partial charge in [0.1, 0.15) is 0 Å². The van der Waals surface area contributed by atoms with Crippen LogP contribution in [0.3, 0.4) is 0 Å². The van der Waals surface area contributed by atoms with Gasteiger partial charge in [0.15, 0.2) is 0 Å². The summed E-state index contributed by atoms with van der Waals surface area (Å²) < 4.78 is 32.4. The van der Waals surface area contributed by atoms with Crippen molar-refractivity contribution >= 4 is 17.6 Å². The van der Waals surface area contributed by atoms with Gasteiger partial charge in [-0.2, -0.15) is 0 Å².